The highest BCUT2D eigenvalue weighted by Gasteiger charge is 2.27. The summed E-state index contributed by atoms with van der Waals surface area (Å²) in [5, 5.41) is 0. The zero-order valence-corrected chi connectivity index (χ0v) is 10.5. The molecule has 1 unspecified atom stereocenters. The van der Waals surface area contributed by atoms with E-state index in [9.17, 15) is 4.79 Å². The van der Waals surface area contributed by atoms with Crippen LogP contribution in [0.3, 0.4) is 0 Å². The molecule has 0 aromatic rings. The van der Waals surface area contributed by atoms with E-state index in [0.717, 1.165) is 5.57 Å². The lowest BCUT2D eigenvalue weighted by atomic mass is 9.85. The van der Waals surface area contributed by atoms with Crippen LogP contribution >= 0.6 is 0 Å². The van der Waals surface area contributed by atoms with Gasteiger partial charge in [-0.25, -0.2) is 0 Å². The Bertz CT molecular complexity index is 258. The van der Waals surface area contributed by atoms with Gasteiger partial charge in [-0.1, -0.05) is 32.4 Å². The van der Waals surface area contributed by atoms with Crippen molar-refractivity contribution in [1.29, 1.82) is 0 Å². The third-order valence-corrected chi connectivity index (χ3v) is 2.29. The first kappa shape index (κ1) is 13.9. The third kappa shape index (κ3) is 4.82. The maximum atomic E-state index is 11.3. The zero-order chi connectivity index (χ0) is 12.1. The number of carbonyl (C=O) groups is 1. The molecule has 15 heavy (non-hydrogen) atoms. The Morgan fingerprint density at radius 3 is 2.33 bits per heavy atom. The standard InChI is InChI=1S/C13H22O2/c1-7-12(14)15-11(9-10(3)4)13(5,6)8-2/h8-9,11H,2,7H2,1,3-6H3. The van der Waals surface area contributed by atoms with E-state index in [1.165, 1.54) is 0 Å². The minimum atomic E-state index is -0.234. The van der Waals surface area contributed by atoms with Crippen molar-refractivity contribution in [3.05, 3.63) is 24.3 Å². The van der Waals surface area contributed by atoms with Crippen molar-refractivity contribution in [2.75, 3.05) is 0 Å². The number of rotatable bonds is 5. The van der Waals surface area contributed by atoms with Crippen LogP contribution in [0.1, 0.15) is 41.0 Å². The monoisotopic (exact) mass is 210 g/mol. The summed E-state index contributed by atoms with van der Waals surface area (Å²) >= 11 is 0. The molecule has 0 amide bonds. The Balaban J connectivity index is 4.82. The van der Waals surface area contributed by atoms with Crippen LogP contribution in [0.15, 0.2) is 24.3 Å². The Labute approximate surface area is 93.0 Å². The van der Waals surface area contributed by atoms with Gasteiger partial charge in [0.05, 0.1) is 0 Å². The molecule has 0 rings (SSSR count). The lowest BCUT2D eigenvalue weighted by Gasteiger charge is -2.29. The van der Waals surface area contributed by atoms with Crippen molar-refractivity contribution in [1.82, 2.24) is 0 Å². The van der Waals surface area contributed by atoms with Crippen LogP contribution < -0.4 is 0 Å². The molecule has 0 aromatic carbocycles. The molecule has 0 N–H and O–H groups in total. The molecular formula is C13H22O2. The van der Waals surface area contributed by atoms with Gasteiger partial charge in [0.15, 0.2) is 0 Å². The molecule has 0 aromatic heterocycles. The first-order chi connectivity index (χ1) is 6.83. The number of carbonyl (C=O) groups excluding carboxylic acids is 1. The van der Waals surface area contributed by atoms with Crippen molar-refractivity contribution < 1.29 is 9.53 Å². The Morgan fingerprint density at radius 2 is 2.00 bits per heavy atom. The fourth-order valence-electron chi connectivity index (χ4n) is 1.04. The fourth-order valence-corrected chi connectivity index (χ4v) is 1.04. The first-order valence-electron chi connectivity index (χ1n) is 5.31. The second-order valence-electron chi connectivity index (χ2n) is 4.53. The highest BCUT2D eigenvalue weighted by molar-refractivity contribution is 5.69. The molecule has 0 fully saturated rings. The lowest BCUT2D eigenvalue weighted by molar-refractivity contribution is -0.150. The summed E-state index contributed by atoms with van der Waals surface area (Å²) in [6, 6.07) is 0. The van der Waals surface area contributed by atoms with Crippen LogP contribution in [-0.4, -0.2) is 12.1 Å². The second-order valence-corrected chi connectivity index (χ2v) is 4.53. The van der Waals surface area contributed by atoms with E-state index in [-0.39, 0.29) is 17.5 Å². The molecule has 0 aliphatic heterocycles. The molecular weight excluding hydrogens is 188 g/mol. The SMILES string of the molecule is C=CC(C)(C)C(C=C(C)C)OC(=O)CC. The molecule has 0 saturated carbocycles. The molecule has 0 aliphatic carbocycles. The maximum absolute atomic E-state index is 11.3. The lowest BCUT2D eigenvalue weighted by Crippen LogP contribution is -2.30. The van der Waals surface area contributed by atoms with E-state index in [2.05, 4.69) is 6.58 Å². The summed E-state index contributed by atoms with van der Waals surface area (Å²) in [7, 11) is 0. The van der Waals surface area contributed by atoms with Crippen LogP contribution in [0, 0.1) is 5.41 Å². The van der Waals surface area contributed by atoms with E-state index in [4.69, 9.17) is 4.74 Å². The van der Waals surface area contributed by atoms with Crippen LogP contribution in [0.25, 0.3) is 0 Å². The molecule has 0 aliphatic rings. The summed E-state index contributed by atoms with van der Waals surface area (Å²) in [6.45, 7) is 13.6. The topological polar surface area (TPSA) is 26.3 Å². The van der Waals surface area contributed by atoms with Crippen LogP contribution in [0.5, 0.6) is 0 Å². The Morgan fingerprint density at radius 1 is 1.47 bits per heavy atom. The average molecular weight is 210 g/mol. The van der Waals surface area contributed by atoms with Gasteiger partial charge in [-0.15, -0.1) is 6.58 Å². The molecule has 2 nitrogen and oxygen atoms in total. The van der Waals surface area contributed by atoms with Gasteiger partial charge < -0.3 is 4.74 Å². The van der Waals surface area contributed by atoms with Gasteiger partial charge in [0.2, 0.25) is 0 Å². The highest BCUT2D eigenvalue weighted by Crippen LogP contribution is 2.26. The van der Waals surface area contributed by atoms with Crippen molar-refractivity contribution in [3.63, 3.8) is 0 Å². The Kier molecular flexibility index (Phi) is 5.34. The fraction of sp³-hybridized carbons (Fsp3) is 0.615. The van der Waals surface area contributed by atoms with Gasteiger partial charge in [0.1, 0.15) is 6.10 Å². The molecule has 0 heterocycles. The van der Waals surface area contributed by atoms with Crippen molar-refractivity contribution in [2.45, 2.75) is 47.1 Å². The maximum Gasteiger partial charge on any atom is 0.306 e. The van der Waals surface area contributed by atoms with Crippen molar-refractivity contribution in [2.24, 2.45) is 5.41 Å². The van der Waals surface area contributed by atoms with E-state index < -0.39 is 0 Å². The number of allylic oxidation sites excluding steroid dienone is 1. The highest BCUT2D eigenvalue weighted by atomic mass is 16.5. The summed E-state index contributed by atoms with van der Waals surface area (Å²) in [4.78, 5) is 11.3. The van der Waals surface area contributed by atoms with Crippen LogP contribution in [0.2, 0.25) is 0 Å². The number of hydrogen-bond acceptors (Lipinski definition) is 2. The third-order valence-electron chi connectivity index (χ3n) is 2.29. The minimum Gasteiger partial charge on any atom is -0.457 e. The molecule has 0 spiro atoms. The van der Waals surface area contributed by atoms with E-state index in [1.54, 1.807) is 6.92 Å². The molecule has 86 valence electrons. The molecule has 0 bridgehead atoms. The summed E-state index contributed by atoms with van der Waals surface area (Å²) in [5.74, 6) is -0.174. The predicted molar refractivity (Wildman–Crippen MR) is 63.6 cm³/mol. The van der Waals surface area contributed by atoms with Crippen LogP contribution in [-0.2, 0) is 9.53 Å². The van der Waals surface area contributed by atoms with E-state index in [1.807, 2.05) is 39.8 Å². The normalized spacial score (nSPS) is 12.9. The summed E-state index contributed by atoms with van der Waals surface area (Å²) in [5.41, 5.74) is 0.904. The number of hydrogen-bond donors (Lipinski definition) is 0. The largest absolute Gasteiger partial charge is 0.457 e. The number of esters is 1. The molecule has 2 heteroatoms. The molecule has 0 saturated heterocycles. The minimum absolute atomic E-state index is 0.174. The average Bonchev–Trinajstić information content (AvgIpc) is 2.15. The van der Waals surface area contributed by atoms with E-state index in [0.29, 0.717) is 6.42 Å². The van der Waals surface area contributed by atoms with Gasteiger partial charge in [0.25, 0.3) is 0 Å². The van der Waals surface area contributed by atoms with Gasteiger partial charge in [-0.2, -0.15) is 0 Å². The van der Waals surface area contributed by atoms with E-state index >= 15 is 0 Å². The zero-order valence-electron chi connectivity index (χ0n) is 10.5. The van der Waals surface area contributed by atoms with Gasteiger partial charge in [-0.3, -0.25) is 4.79 Å². The predicted octanol–water partition coefficient (Wildman–Crippen LogP) is 3.49. The summed E-state index contributed by atoms with van der Waals surface area (Å²) in [6.07, 6.45) is 3.96. The quantitative estimate of drug-likeness (QED) is 0.513. The first-order valence-corrected chi connectivity index (χ1v) is 5.31. The molecule has 1 atom stereocenters. The van der Waals surface area contributed by atoms with Gasteiger partial charge in [0, 0.05) is 11.8 Å². The second kappa shape index (κ2) is 5.74. The van der Waals surface area contributed by atoms with Crippen molar-refractivity contribution in [3.8, 4) is 0 Å². The van der Waals surface area contributed by atoms with Crippen molar-refractivity contribution >= 4 is 5.97 Å². The molecule has 0 radical (unpaired) electrons. The summed E-state index contributed by atoms with van der Waals surface area (Å²) < 4.78 is 5.38. The van der Waals surface area contributed by atoms with Crippen LogP contribution in [0.4, 0.5) is 0 Å². The number of ether oxygens (including phenoxy) is 1. The van der Waals surface area contributed by atoms with Gasteiger partial charge >= 0.3 is 5.97 Å². The van der Waals surface area contributed by atoms with Gasteiger partial charge in [-0.05, 0) is 19.9 Å². The Hall–Kier alpha value is -1.05. The smallest absolute Gasteiger partial charge is 0.306 e.